The predicted octanol–water partition coefficient (Wildman–Crippen LogP) is 3.36. The molecule has 1 aliphatic heterocycles. The molecule has 1 aliphatic rings. The second kappa shape index (κ2) is 9.13. The van der Waals surface area contributed by atoms with Gasteiger partial charge in [-0.3, -0.25) is 0 Å². The maximum Gasteiger partial charge on any atom is 0.416 e. The largest absolute Gasteiger partial charge is 0.466 e. The van der Waals surface area contributed by atoms with Crippen LogP contribution in [0.25, 0.3) is 0 Å². The van der Waals surface area contributed by atoms with E-state index in [1.807, 2.05) is 21.1 Å². The molecule has 0 aliphatic carbocycles. The molecular weight excluding hydrogens is 413 g/mol. The van der Waals surface area contributed by atoms with Crippen molar-refractivity contribution in [2.24, 2.45) is 0 Å². The molecule has 0 radical (unpaired) electrons. The number of benzene rings is 1. The number of hydrogen-bond acceptors (Lipinski definition) is 5. The highest BCUT2D eigenvalue weighted by atomic mass is 19.4. The Morgan fingerprint density at radius 3 is 2.10 bits per heavy atom. The number of rotatable bonds is 6. The summed E-state index contributed by atoms with van der Waals surface area (Å²) in [6.07, 6.45) is -4.68. The summed E-state index contributed by atoms with van der Waals surface area (Å²) >= 11 is 0. The molecule has 0 amide bonds. The highest BCUT2D eigenvalue weighted by Crippen LogP contribution is 2.44. The quantitative estimate of drug-likeness (QED) is 0.542. The third-order valence-electron chi connectivity index (χ3n) is 4.96. The van der Waals surface area contributed by atoms with E-state index in [9.17, 15) is 22.8 Å². The van der Waals surface area contributed by atoms with E-state index in [1.54, 1.807) is 13.8 Å². The van der Waals surface area contributed by atoms with E-state index >= 15 is 0 Å². The number of dihydropyridines is 1. The highest BCUT2D eigenvalue weighted by Gasteiger charge is 2.43. The molecule has 0 saturated heterocycles. The monoisotopic (exact) mass is 441 g/mol. The van der Waals surface area contributed by atoms with E-state index < -0.39 is 29.6 Å². The fourth-order valence-corrected chi connectivity index (χ4v) is 3.45. The van der Waals surface area contributed by atoms with Gasteiger partial charge in [-0.15, -0.1) is 0 Å². The normalized spacial score (nSPS) is 17.4. The first kappa shape index (κ1) is 24.5. The van der Waals surface area contributed by atoms with E-state index in [-0.39, 0.29) is 23.3 Å². The van der Waals surface area contributed by atoms with Crippen LogP contribution in [0, 0.1) is 0 Å². The van der Waals surface area contributed by atoms with Crippen LogP contribution in [0.5, 0.6) is 0 Å². The molecule has 2 rings (SSSR count). The molecule has 1 heterocycles. The van der Waals surface area contributed by atoms with E-state index in [2.05, 4.69) is 5.32 Å². The van der Waals surface area contributed by atoms with Gasteiger partial charge >= 0.3 is 18.1 Å². The maximum absolute atomic E-state index is 13.8. The Hall–Kier alpha value is -2.81. The summed E-state index contributed by atoms with van der Waals surface area (Å²) < 4.78 is 52.1. The summed E-state index contributed by atoms with van der Waals surface area (Å²) in [7, 11) is 6.90. The van der Waals surface area contributed by atoms with Gasteiger partial charge in [0.2, 0.25) is 0 Å². The maximum atomic E-state index is 13.8. The van der Waals surface area contributed by atoms with Crippen LogP contribution >= 0.6 is 0 Å². The van der Waals surface area contributed by atoms with Crippen molar-refractivity contribution >= 4 is 11.9 Å². The van der Waals surface area contributed by atoms with Crippen molar-refractivity contribution in [3.63, 3.8) is 0 Å². The first-order valence-electron chi connectivity index (χ1n) is 9.68. The molecule has 0 spiro atoms. The number of nitrogens with zero attached hydrogens (tertiary/aromatic N) is 1. The summed E-state index contributed by atoms with van der Waals surface area (Å²) in [5.41, 5.74) is -0.626. The van der Waals surface area contributed by atoms with E-state index in [0.717, 1.165) is 13.2 Å². The lowest BCUT2D eigenvalue weighted by molar-refractivity contribution is -0.870. The van der Waals surface area contributed by atoms with Gasteiger partial charge in [0.1, 0.15) is 13.2 Å². The molecule has 1 aromatic carbocycles. The third kappa shape index (κ3) is 5.66. The summed E-state index contributed by atoms with van der Waals surface area (Å²) in [6, 6.07) is 4.89. The second-order valence-corrected chi connectivity index (χ2v) is 8.36. The number of carbonyl (C=O) groups is 2. The molecule has 1 unspecified atom stereocenters. The summed E-state index contributed by atoms with van der Waals surface area (Å²) in [4.78, 5) is 25.6. The zero-order valence-electron chi connectivity index (χ0n) is 18.5. The minimum Gasteiger partial charge on any atom is -0.466 e. The van der Waals surface area contributed by atoms with Gasteiger partial charge in [0.15, 0.2) is 0 Å². The number of halogens is 3. The van der Waals surface area contributed by atoms with Gasteiger partial charge in [-0.2, -0.15) is 13.2 Å². The third-order valence-corrected chi connectivity index (χ3v) is 4.96. The van der Waals surface area contributed by atoms with Gasteiger partial charge in [0, 0.05) is 11.4 Å². The van der Waals surface area contributed by atoms with Crippen molar-refractivity contribution in [2.75, 3.05) is 41.4 Å². The minimum atomic E-state index is -4.68. The van der Waals surface area contributed by atoms with Gasteiger partial charge in [0.25, 0.3) is 0 Å². The smallest absolute Gasteiger partial charge is 0.416 e. The Morgan fingerprint density at radius 2 is 1.58 bits per heavy atom. The second-order valence-electron chi connectivity index (χ2n) is 8.36. The molecule has 9 heteroatoms. The van der Waals surface area contributed by atoms with E-state index in [0.29, 0.717) is 22.4 Å². The standard InChI is InChI=1S/C22H27F3N2O4/c1-13-17(20(28)30-6)19(15-9-7-8-10-16(15)22(23,24)25)18(14(2)26-13)21(29)31-12-11-27(3,4)5/h7-10,19H,11-12H2,1-6H3/p+1. The Bertz CT molecular complexity index is 927. The van der Waals surface area contributed by atoms with Crippen LogP contribution < -0.4 is 5.32 Å². The lowest BCUT2D eigenvalue weighted by atomic mass is 9.78. The number of alkyl halides is 3. The number of allylic oxidation sites excluding steroid dienone is 2. The number of ether oxygens (including phenoxy) is 2. The molecular formula is C22H28F3N2O4+. The van der Waals surface area contributed by atoms with Crippen molar-refractivity contribution in [3.8, 4) is 0 Å². The molecule has 6 nitrogen and oxygen atoms in total. The zero-order chi connectivity index (χ0) is 23.6. The molecule has 0 fully saturated rings. The molecule has 1 N–H and O–H groups in total. The highest BCUT2D eigenvalue weighted by molar-refractivity contribution is 6.00. The fourth-order valence-electron chi connectivity index (χ4n) is 3.45. The average Bonchev–Trinajstić information content (AvgIpc) is 2.65. The van der Waals surface area contributed by atoms with Crippen LogP contribution in [0.1, 0.15) is 30.9 Å². The summed E-state index contributed by atoms with van der Waals surface area (Å²) in [5, 5.41) is 2.91. The molecule has 1 atom stereocenters. The fraction of sp³-hybridized carbons (Fsp3) is 0.455. The summed E-state index contributed by atoms with van der Waals surface area (Å²) in [6.45, 7) is 3.70. The van der Waals surface area contributed by atoms with E-state index in [1.165, 1.54) is 18.2 Å². The number of methoxy groups -OCH3 is 1. The van der Waals surface area contributed by atoms with Crippen molar-refractivity contribution in [1.82, 2.24) is 5.32 Å². The van der Waals surface area contributed by atoms with Crippen molar-refractivity contribution in [1.29, 1.82) is 0 Å². The molecule has 0 aromatic heterocycles. The van der Waals surface area contributed by atoms with Crippen LogP contribution in [0.3, 0.4) is 0 Å². The van der Waals surface area contributed by atoms with Crippen molar-refractivity contribution in [2.45, 2.75) is 25.9 Å². The van der Waals surface area contributed by atoms with Gasteiger partial charge in [-0.25, -0.2) is 9.59 Å². The Morgan fingerprint density at radius 1 is 1.03 bits per heavy atom. The molecule has 31 heavy (non-hydrogen) atoms. The van der Waals surface area contributed by atoms with Gasteiger partial charge in [-0.1, -0.05) is 18.2 Å². The average molecular weight is 441 g/mol. The van der Waals surface area contributed by atoms with E-state index in [4.69, 9.17) is 9.47 Å². The van der Waals surface area contributed by atoms with Crippen LogP contribution in [0.2, 0.25) is 0 Å². The number of nitrogens with one attached hydrogen (secondary N) is 1. The first-order chi connectivity index (χ1) is 14.3. The number of esters is 2. The number of quaternary nitrogens is 1. The number of carbonyl (C=O) groups excluding carboxylic acids is 2. The van der Waals surface area contributed by atoms with Gasteiger partial charge in [-0.05, 0) is 25.5 Å². The first-order valence-corrected chi connectivity index (χ1v) is 9.68. The minimum absolute atomic E-state index is 0.0518. The molecule has 0 saturated carbocycles. The Labute approximate surface area is 179 Å². The molecule has 170 valence electrons. The van der Waals surface area contributed by atoms with Crippen LogP contribution in [-0.4, -0.2) is 57.8 Å². The zero-order valence-corrected chi connectivity index (χ0v) is 18.5. The lowest BCUT2D eigenvalue weighted by Gasteiger charge is -2.32. The topological polar surface area (TPSA) is 64.6 Å². The van der Waals surface area contributed by atoms with Crippen molar-refractivity contribution in [3.05, 3.63) is 57.9 Å². The van der Waals surface area contributed by atoms with Gasteiger partial charge < -0.3 is 19.3 Å². The van der Waals surface area contributed by atoms with Crippen LogP contribution in [-0.2, 0) is 25.2 Å². The Kier molecular flexibility index (Phi) is 7.21. The molecule has 0 bridgehead atoms. The predicted molar refractivity (Wildman–Crippen MR) is 109 cm³/mol. The van der Waals surface area contributed by atoms with Gasteiger partial charge in [0.05, 0.1) is 50.9 Å². The SMILES string of the molecule is COC(=O)C1=C(C)NC(C)=C(C(=O)OCC[N+](C)(C)C)C1c1ccccc1C(F)(F)F. The van der Waals surface area contributed by atoms with Crippen LogP contribution in [0.4, 0.5) is 13.2 Å². The Balaban J connectivity index is 2.62. The van der Waals surface area contributed by atoms with Crippen molar-refractivity contribution < 1.29 is 36.7 Å². The number of likely N-dealkylation sites (N-methyl/N-ethyl adjacent to an activating group) is 1. The number of hydrogen-bond donors (Lipinski definition) is 1. The summed E-state index contributed by atoms with van der Waals surface area (Å²) in [5.74, 6) is -2.89. The molecule has 1 aromatic rings. The van der Waals surface area contributed by atoms with Crippen LogP contribution in [0.15, 0.2) is 46.8 Å². The lowest BCUT2D eigenvalue weighted by Crippen LogP contribution is -2.39.